The summed E-state index contributed by atoms with van der Waals surface area (Å²) in [5, 5.41) is 8.17. The lowest BCUT2D eigenvalue weighted by molar-refractivity contribution is 0.0995. The van der Waals surface area contributed by atoms with Gasteiger partial charge in [-0.3, -0.25) is 4.79 Å². The van der Waals surface area contributed by atoms with Crippen molar-refractivity contribution in [3.05, 3.63) is 48.0 Å². The zero-order valence-corrected chi connectivity index (χ0v) is 10.8. The number of carbonyl (C=O) groups excluding carboxylic acids is 1. The molecule has 0 saturated carbocycles. The van der Waals surface area contributed by atoms with Gasteiger partial charge in [-0.15, -0.1) is 10.2 Å². The van der Waals surface area contributed by atoms with E-state index in [2.05, 4.69) is 20.2 Å². The van der Waals surface area contributed by atoms with Crippen LogP contribution in [0.4, 0.5) is 11.5 Å². The number of amides is 1. The first-order chi connectivity index (χ1) is 10.2. The second-order valence-electron chi connectivity index (χ2n) is 4.70. The molecule has 100 valence electrons. The molecule has 4 rings (SSSR count). The van der Waals surface area contributed by atoms with Crippen LogP contribution in [0.5, 0.6) is 0 Å². The van der Waals surface area contributed by atoms with Gasteiger partial charge in [0.15, 0.2) is 11.6 Å². The van der Waals surface area contributed by atoms with Gasteiger partial charge in [-0.25, -0.2) is 9.97 Å². The summed E-state index contributed by atoms with van der Waals surface area (Å²) >= 11 is 0. The summed E-state index contributed by atoms with van der Waals surface area (Å²) < 4.78 is 0. The summed E-state index contributed by atoms with van der Waals surface area (Å²) in [6, 6.07) is 12.6. The van der Waals surface area contributed by atoms with Gasteiger partial charge in [0.2, 0.25) is 0 Å². The van der Waals surface area contributed by atoms with Gasteiger partial charge in [-0.1, -0.05) is 6.07 Å². The van der Waals surface area contributed by atoms with Crippen LogP contribution in [0.25, 0.3) is 22.3 Å². The number of nitrogen functional groups attached to an aromatic ring is 1. The highest BCUT2D eigenvalue weighted by Gasteiger charge is 2.20. The van der Waals surface area contributed by atoms with Crippen molar-refractivity contribution in [2.75, 3.05) is 5.73 Å². The Morgan fingerprint density at radius 3 is 2.52 bits per heavy atom. The van der Waals surface area contributed by atoms with E-state index >= 15 is 0 Å². The summed E-state index contributed by atoms with van der Waals surface area (Å²) in [6.07, 6.45) is 0. The SMILES string of the molecule is Nc1ccc(-c2nc3c4c(cccc4n2)C(=O)N=N3)cc1. The predicted molar refractivity (Wildman–Crippen MR) is 78.2 cm³/mol. The van der Waals surface area contributed by atoms with Gasteiger partial charge in [0.1, 0.15) is 0 Å². The number of hydrogen-bond acceptors (Lipinski definition) is 5. The molecule has 6 nitrogen and oxygen atoms in total. The van der Waals surface area contributed by atoms with Crippen molar-refractivity contribution in [1.82, 2.24) is 9.97 Å². The van der Waals surface area contributed by atoms with Crippen molar-refractivity contribution in [1.29, 1.82) is 0 Å². The van der Waals surface area contributed by atoms with E-state index in [4.69, 9.17) is 5.73 Å². The maximum atomic E-state index is 11.7. The number of benzene rings is 2. The van der Waals surface area contributed by atoms with Crippen LogP contribution in [0.2, 0.25) is 0 Å². The largest absolute Gasteiger partial charge is 0.399 e. The number of azo groups is 1. The smallest absolute Gasteiger partial charge is 0.296 e. The maximum Gasteiger partial charge on any atom is 0.296 e. The van der Waals surface area contributed by atoms with E-state index in [-0.39, 0.29) is 5.91 Å². The molecule has 1 aliphatic rings. The van der Waals surface area contributed by atoms with Crippen molar-refractivity contribution in [3.63, 3.8) is 0 Å². The van der Waals surface area contributed by atoms with Crippen LogP contribution in [0.1, 0.15) is 10.4 Å². The molecule has 2 N–H and O–H groups in total. The summed E-state index contributed by atoms with van der Waals surface area (Å²) in [5.74, 6) is 0.585. The Hall–Kier alpha value is -3.15. The van der Waals surface area contributed by atoms with E-state index in [0.29, 0.717) is 33.8 Å². The van der Waals surface area contributed by atoms with Crippen LogP contribution in [-0.2, 0) is 0 Å². The lowest BCUT2D eigenvalue weighted by Gasteiger charge is -2.10. The summed E-state index contributed by atoms with van der Waals surface area (Å²) in [6.45, 7) is 0. The fourth-order valence-corrected chi connectivity index (χ4v) is 2.32. The number of nitrogens with two attached hydrogens (primary N) is 1. The summed E-state index contributed by atoms with van der Waals surface area (Å²) in [4.78, 5) is 20.6. The van der Waals surface area contributed by atoms with Crippen LogP contribution in [0.15, 0.2) is 52.7 Å². The molecule has 2 heterocycles. The molecule has 3 aromatic rings. The molecule has 0 unspecified atom stereocenters. The van der Waals surface area contributed by atoms with Gasteiger partial charge >= 0.3 is 0 Å². The normalized spacial score (nSPS) is 12.9. The molecule has 6 heteroatoms. The molecule has 21 heavy (non-hydrogen) atoms. The molecule has 0 atom stereocenters. The Bertz CT molecular complexity index is 915. The third-order valence-electron chi connectivity index (χ3n) is 3.34. The third kappa shape index (κ3) is 1.77. The van der Waals surface area contributed by atoms with Crippen LogP contribution >= 0.6 is 0 Å². The first-order valence-corrected chi connectivity index (χ1v) is 6.35. The Balaban J connectivity index is 2.01. The zero-order chi connectivity index (χ0) is 14.4. The van der Waals surface area contributed by atoms with Gasteiger partial charge in [0, 0.05) is 11.3 Å². The van der Waals surface area contributed by atoms with Crippen LogP contribution in [-0.4, -0.2) is 15.9 Å². The van der Waals surface area contributed by atoms with E-state index in [9.17, 15) is 4.79 Å². The minimum atomic E-state index is -0.364. The first kappa shape index (κ1) is 11.7. The average Bonchev–Trinajstić information content (AvgIpc) is 2.51. The molecule has 1 aromatic heterocycles. The predicted octanol–water partition coefficient (Wildman–Crippen LogP) is 3.12. The number of aromatic nitrogens is 2. The van der Waals surface area contributed by atoms with E-state index in [1.807, 2.05) is 18.2 Å². The van der Waals surface area contributed by atoms with Crippen LogP contribution in [0, 0.1) is 0 Å². The molecule has 1 amide bonds. The third-order valence-corrected chi connectivity index (χ3v) is 3.34. The fourth-order valence-electron chi connectivity index (χ4n) is 2.32. The molecular weight excluding hydrogens is 266 g/mol. The number of anilines is 1. The van der Waals surface area contributed by atoms with E-state index in [0.717, 1.165) is 5.56 Å². The Morgan fingerprint density at radius 2 is 1.71 bits per heavy atom. The van der Waals surface area contributed by atoms with E-state index in [1.165, 1.54) is 0 Å². The summed E-state index contributed by atoms with van der Waals surface area (Å²) in [7, 11) is 0. The van der Waals surface area contributed by atoms with Gasteiger partial charge < -0.3 is 5.73 Å². The molecule has 0 aliphatic carbocycles. The van der Waals surface area contributed by atoms with Crippen molar-refractivity contribution in [2.24, 2.45) is 10.2 Å². The van der Waals surface area contributed by atoms with Crippen LogP contribution < -0.4 is 5.73 Å². The number of carbonyl (C=O) groups is 1. The quantitative estimate of drug-likeness (QED) is 0.690. The lowest BCUT2D eigenvalue weighted by atomic mass is 10.1. The fraction of sp³-hybridized carbons (Fsp3) is 0. The average molecular weight is 275 g/mol. The second kappa shape index (κ2) is 4.17. The molecular formula is C15H9N5O. The highest BCUT2D eigenvalue weighted by atomic mass is 16.1. The standard InChI is InChI=1S/C15H9N5O/c16-9-6-4-8(5-7-9)13-17-11-3-1-2-10-12(11)14(18-13)19-20-15(10)21/h1-7H,16H2. The number of rotatable bonds is 1. The molecule has 0 radical (unpaired) electrons. The van der Waals surface area contributed by atoms with E-state index in [1.54, 1.807) is 24.3 Å². The zero-order valence-electron chi connectivity index (χ0n) is 10.8. The van der Waals surface area contributed by atoms with Gasteiger partial charge in [-0.2, -0.15) is 0 Å². The lowest BCUT2D eigenvalue weighted by Crippen LogP contribution is -2.02. The summed E-state index contributed by atoms with van der Waals surface area (Å²) in [5.41, 5.74) is 8.36. The molecule has 0 fully saturated rings. The Morgan fingerprint density at radius 1 is 0.905 bits per heavy atom. The van der Waals surface area contributed by atoms with Crippen molar-refractivity contribution >= 4 is 28.3 Å². The highest BCUT2D eigenvalue weighted by Crippen LogP contribution is 2.33. The second-order valence-corrected chi connectivity index (χ2v) is 4.70. The molecule has 2 aromatic carbocycles. The van der Waals surface area contributed by atoms with Crippen molar-refractivity contribution in [3.8, 4) is 11.4 Å². The van der Waals surface area contributed by atoms with Crippen molar-refractivity contribution in [2.45, 2.75) is 0 Å². The topological polar surface area (TPSA) is 93.6 Å². The minimum absolute atomic E-state index is 0.364. The van der Waals surface area contributed by atoms with Gasteiger partial charge in [-0.05, 0) is 36.4 Å². The Kier molecular flexibility index (Phi) is 2.32. The number of hydrogen-bond donors (Lipinski definition) is 1. The molecule has 0 bridgehead atoms. The van der Waals surface area contributed by atoms with Crippen molar-refractivity contribution < 1.29 is 4.79 Å². The first-order valence-electron chi connectivity index (χ1n) is 6.35. The van der Waals surface area contributed by atoms with Crippen LogP contribution in [0.3, 0.4) is 0 Å². The molecule has 0 spiro atoms. The van der Waals surface area contributed by atoms with Gasteiger partial charge in [0.05, 0.1) is 16.5 Å². The molecule has 0 saturated heterocycles. The van der Waals surface area contributed by atoms with E-state index < -0.39 is 0 Å². The maximum absolute atomic E-state index is 11.7. The molecule has 1 aliphatic heterocycles. The minimum Gasteiger partial charge on any atom is -0.399 e. The highest BCUT2D eigenvalue weighted by molar-refractivity contribution is 6.11. The van der Waals surface area contributed by atoms with Gasteiger partial charge in [0.25, 0.3) is 5.91 Å². The Labute approximate surface area is 119 Å². The monoisotopic (exact) mass is 275 g/mol. The number of nitrogens with zero attached hydrogens (tertiary/aromatic N) is 4.